The molecule has 0 unspecified atom stereocenters. The Bertz CT molecular complexity index is 431. The summed E-state index contributed by atoms with van der Waals surface area (Å²) in [6, 6.07) is 1.74. The number of nitro groups is 1. The normalized spacial score (nSPS) is 15.3. The summed E-state index contributed by atoms with van der Waals surface area (Å²) in [6.45, 7) is 1.50. The minimum atomic E-state index is -0.381. The molecule has 0 spiro atoms. The number of rotatable bonds is 4. The highest BCUT2D eigenvalue weighted by atomic mass is 79.9. The predicted molar refractivity (Wildman–Crippen MR) is 58.8 cm³/mol. The second kappa shape index (κ2) is 4.60. The van der Waals surface area contributed by atoms with Gasteiger partial charge in [-0.25, -0.2) is 0 Å². The monoisotopic (exact) mass is 288 g/mol. The van der Waals surface area contributed by atoms with Crippen LogP contribution in [0, 0.1) is 10.1 Å². The summed E-state index contributed by atoms with van der Waals surface area (Å²) in [5.41, 5.74) is 0. The van der Waals surface area contributed by atoms with Crippen LogP contribution in [0.25, 0.3) is 0 Å². The van der Waals surface area contributed by atoms with Crippen molar-refractivity contribution >= 4 is 21.8 Å². The van der Waals surface area contributed by atoms with Gasteiger partial charge < -0.3 is 9.42 Å². The van der Waals surface area contributed by atoms with Crippen LogP contribution in [0.1, 0.15) is 5.76 Å². The van der Waals surface area contributed by atoms with Gasteiger partial charge in [-0.2, -0.15) is 0 Å². The minimum absolute atomic E-state index is 0.241. The maximum absolute atomic E-state index is 10.4. The van der Waals surface area contributed by atoms with E-state index in [1.165, 1.54) is 0 Å². The van der Waals surface area contributed by atoms with Gasteiger partial charge in [0, 0.05) is 17.5 Å². The highest BCUT2D eigenvalue weighted by Gasteiger charge is 2.22. The molecule has 8 heteroatoms. The number of aliphatic imine (C=N–C) groups is 1. The lowest BCUT2D eigenvalue weighted by molar-refractivity contribution is -0.464. The Labute approximate surface area is 99.4 Å². The van der Waals surface area contributed by atoms with Crippen LogP contribution in [0.15, 0.2) is 20.2 Å². The summed E-state index contributed by atoms with van der Waals surface area (Å²) >= 11 is 3.18. The number of amidine groups is 1. The lowest BCUT2D eigenvalue weighted by atomic mass is 10.4. The van der Waals surface area contributed by atoms with E-state index in [1.54, 1.807) is 6.07 Å². The lowest BCUT2D eigenvalue weighted by Gasteiger charge is -2.15. The van der Waals surface area contributed by atoms with Crippen LogP contribution in [0.3, 0.4) is 0 Å². The molecule has 0 saturated carbocycles. The standard InChI is InChI=1S/C8H9BrN4O3/c9-7-3-6(16-11-7)4-12-2-1-10-8(12)5-13(14)15/h3H,1-2,4-5H2. The molecule has 0 aliphatic carbocycles. The van der Waals surface area contributed by atoms with Gasteiger partial charge >= 0.3 is 0 Å². The van der Waals surface area contributed by atoms with E-state index in [0.29, 0.717) is 35.8 Å². The maximum Gasteiger partial charge on any atom is 0.260 e. The fourth-order valence-corrected chi connectivity index (χ4v) is 1.84. The molecule has 16 heavy (non-hydrogen) atoms. The first-order valence-corrected chi connectivity index (χ1v) is 5.45. The van der Waals surface area contributed by atoms with Gasteiger partial charge in [0.15, 0.2) is 11.6 Å². The summed E-state index contributed by atoms with van der Waals surface area (Å²) in [5.74, 6) is 1.15. The average Bonchev–Trinajstić information content (AvgIpc) is 2.77. The Kier molecular flexibility index (Phi) is 3.18. The van der Waals surface area contributed by atoms with E-state index < -0.39 is 0 Å². The van der Waals surface area contributed by atoms with Gasteiger partial charge in [-0.15, -0.1) is 0 Å². The van der Waals surface area contributed by atoms with Gasteiger partial charge in [-0.3, -0.25) is 15.1 Å². The van der Waals surface area contributed by atoms with Gasteiger partial charge in [-0.1, -0.05) is 5.16 Å². The zero-order valence-corrected chi connectivity index (χ0v) is 9.88. The molecule has 86 valence electrons. The van der Waals surface area contributed by atoms with Crippen molar-refractivity contribution in [2.24, 2.45) is 4.99 Å². The van der Waals surface area contributed by atoms with Gasteiger partial charge in [-0.05, 0) is 15.9 Å². The second-order valence-corrected chi connectivity index (χ2v) is 4.14. The molecule has 0 aromatic carbocycles. The third kappa shape index (κ3) is 2.57. The van der Waals surface area contributed by atoms with E-state index in [9.17, 15) is 10.1 Å². The van der Waals surface area contributed by atoms with E-state index in [1.807, 2.05) is 4.90 Å². The summed E-state index contributed by atoms with van der Waals surface area (Å²) < 4.78 is 5.64. The van der Waals surface area contributed by atoms with Crippen LogP contribution in [-0.4, -0.2) is 40.4 Å². The molecule has 1 aromatic rings. The SMILES string of the molecule is O=[N+]([O-])CC1=NCCN1Cc1cc(Br)no1. The van der Waals surface area contributed by atoms with E-state index in [4.69, 9.17) is 4.52 Å². The van der Waals surface area contributed by atoms with E-state index >= 15 is 0 Å². The predicted octanol–water partition coefficient (Wildman–Crippen LogP) is 0.928. The van der Waals surface area contributed by atoms with E-state index in [2.05, 4.69) is 26.1 Å². The second-order valence-electron chi connectivity index (χ2n) is 3.33. The lowest BCUT2D eigenvalue weighted by Crippen LogP contribution is -2.32. The Hall–Kier alpha value is -1.44. The molecule has 0 fully saturated rings. The molecule has 0 atom stereocenters. The van der Waals surface area contributed by atoms with Gasteiger partial charge in [0.1, 0.15) is 4.60 Å². The van der Waals surface area contributed by atoms with Crippen molar-refractivity contribution in [3.05, 3.63) is 26.5 Å². The van der Waals surface area contributed by atoms with Crippen molar-refractivity contribution in [1.82, 2.24) is 10.1 Å². The molecule has 1 aliphatic rings. The van der Waals surface area contributed by atoms with Crippen molar-refractivity contribution in [2.45, 2.75) is 6.54 Å². The van der Waals surface area contributed by atoms with E-state index in [-0.39, 0.29) is 11.5 Å². The highest BCUT2D eigenvalue weighted by Crippen LogP contribution is 2.14. The van der Waals surface area contributed by atoms with Crippen LogP contribution in [0.4, 0.5) is 0 Å². The maximum atomic E-state index is 10.4. The zero-order chi connectivity index (χ0) is 11.5. The molecular formula is C8H9BrN4O3. The first-order chi connectivity index (χ1) is 7.65. The van der Waals surface area contributed by atoms with Crippen molar-refractivity contribution in [2.75, 3.05) is 19.6 Å². The number of hydrogen-bond acceptors (Lipinski definition) is 6. The molecule has 1 aromatic heterocycles. The molecule has 2 heterocycles. The van der Waals surface area contributed by atoms with Gasteiger partial charge in [0.05, 0.1) is 13.1 Å². The Morgan fingerprint density at radius 3 is 3.12 bits per heavy atom. The topological polar surface area (TPSA) is 84.8 Å². The summed E-state index contributed by atoms with van der Waals surface area (Å²) in [4.78, 5) is 15.9. The molecule has 2 rings (SSSR count). The summed E-state index contributed by atoms with van der Waals surface area (Å²) in [5, 5.41) is 14.1. The Morgan fingerprint density at radius 2 is 2.50 bits per heavy atom. The van der Waals surface area contributed by atoms with E-state index in [0.717, 1.165) is 0 Å². The van der Waals surface area contributed by atoms with Crippen LogP contribution >= 0.6 is 15.9 Å². The van der Waals surface area contributed by atoms with Crippen LogP contribution in [0.2, 0.25) is 0 Å². The molecule has 0 amide bonds. The van der Waals surface area contributed by atoms with Crippen molar-refractivity contribution in [3.8, 4) is 0 Å². The quantitative estimate of drug-likeness (QED) is 0.608. The summed E-state index contributed by atoms with van der Waals surface area (Å²) in [7, 11) is 0. The largest absolute Gasteiger partial charge is 0.358 e. The molecule has 0 saturated heterocycles. The Morgan fingerprint density at radius 1 is 1.69 bits per heavy atom. The molecule has 0 radical (unpaired) electrons. The molecule has 0 bridgehead atoms. The third-order valence-corrected chi connectivity index (χ3v) is 2.55. The Balaban J connectivity index is 2.00. The fraction of sp³-hybridized carbons (Fsp3) is 0.500. The smallest absolute Gasteiger partial charge is 0.260 e. The fourth-order valence-electron chi connectivity index (χ4n) is 1.52. The summed E-state index contributed by atoms with van der Waals surface area (Å²) in [6.07, 6.45) is 0. The first-order valence-electron chi connectivity index (χ1n) is 4.66. The average molecular weight is 289 g/mol. The third-order valence-electron chi connectivity index (χ3n) is 2.18. The first kappa shape index (κ1) is 11.1. The minimum Gasteiger partial charge on any atom is -0.358 e. The number of hydrogen-bond donors (Lipinski definition) is 0. The van der Waals surface area contributed by atoms with Crippen molar-refractivity contribution in [3.63, 3.8) is 0 Å². The number of nitrogens with zero attached hydrogens (tertiary/aromatic N) is 4. The zero-order valence-electron chi connectivity index (χ0n) is 8.30. The molecule has 7 nitrogen and oxygen atoms in total. The molecular weight excluding hydrogens is 280 g/mol. The number of aromatic nitrogens is 1. The van der Waals surface area contributed by atoms with Crippen molar-refractivity contribution < 1.29 is 9.45 Å². The molecule has 1 aliphatic heterocycles. The van der Waals surface area contributed by atoms with Crippen molar-refractivity contribution in [1.29, 1.82) is 0 Å². The highest BCUT2D eigenvalue weighted by molar-refractivity contribution is 9.10. The molecule has 0 N–H and O–H groups in total. The number of halogens is 1. The van der Waals surface area contributed by atoms with Crippen LogP contribution in [0.5, 0.6) is 0 Å². The van der Waals surface area contributed by atoms with Crippen LogP contribution < -0.4 is 0 Å². The van der Waals surface area contributed by atoms with Gasteiger partial charge in [0.2, 0.25) is 0 Å². The van der Waals surface area contributed by atoms with Gasteiger partial charge in [0.25, 0.3) is 6.54 Å². The van der Waals surface area contributed by atoms with Crippen LogP contribution in [-0.2, 0) is 6.54 Å².